The largest absolute Gasteiger partial charge is 0.369 e. The minimum Gasteiger partial charge on any atom is -0.369 e. The topological polar surface area (TPSA) is 72.9 Å². The number of nitrogen functional groups attached to an aromatic ring is 1. The summed E-state index contributed by atoms with van der Waals surface area (Å²) in [5, 5.41) is 2.99. The van der Waals surface area contributed by atoms with Gasteiger partial charge in [-0.15, -0.1) is 0 Å². The Morgan fingerprint density at radius 3 is 2.56 bits per heavy atom. The molecule has 34 heavy (non-hydrogen) atoms. The van der Waals surface area contributed by atoms with Gasteiger partial charge >= 0.3 is 0 Å². The first-order chi connectivity index (χ1) is 16.5. The summed E-state index contributed by atoms with van der Waals surface area (Å²) in [6.07, 6.45) is 6.58. The van der Waals surface area contributed by atoms with Crippen LogP contribution >= 0.6 is 15.9 Å². The van der Waals surface area contributed by atoms with Crippen molar-refractivity contribution in [2.45, 2.75) is 52.0 Å². The van der Waals surface area contributed by atoms with E-state index in [9.17, 15) is 4.79 Å². The summed E-state index contributed by atoms with van der Waals surface area (Å²) in [7, 11) is 0. The molecule has 0 aliphatic heterocycles. The standard InChI is InChI=1S/C28H31BrN4O/c1-2-3-4-8-20-12-14-22(15-13-20)27(34)31-23-16-17-26-25(19-23)32-28(30)33(26)18-7-10-21-9-5-6-11-24(21)29/h5-6,9,11-17,19H,2-4,7-8,10,18H2,1H3,(H2,30,32)(H,31,34). The number of benzene rings is 3. The van der Waals surface area contributed by atoms with Crippen molar-refractivity contribution in [3.8, 4) is 0 Å². The number of hydrogen-bond acceptors (Lipinski definition) is 3. The quantitative estimate of drug-likeness (QED) is 0.222. The number of nitrogens with zero attached hydrogens (tertiary/aromatic N) is 2. The molecule has 0 bridgehead atoms. The molecule has 6 heteroatoms. The van der Waals surface area contributed by atoms with Gasteiger partial charge in [0.15, 0.2) is 0 Å². The van der Waals surface area contributed by atoms with E-state index in [1.54, 1.807) is 0 Å². The highest BCUT2D eigenvalue weighted by Gasteiger charge is 2.11. The van der Waals surface area contributed by atoms with Gasteiger partial charge in [-0.05, 0) is 73.2 Å². The van der Waals surface area contributed by atoms with Crippen molar-refractivity contribution in [3.63, 3.8) is 0 Å². The Hall–Kier alpha value is -3.12. The summed E-state index contributed by atoms with van der Waals surface area (Å²) in [6.45, 7) is 2.98. The van der Waals surface area contributed by atoms with E-state index in [-0.39, 0.29) is 5.91 Å². The summed E-state index contributed by atoms with van der Waals surface area (Å²) in [4.78, 5) is 17.3. The summed E-state index contributed by atoms with van der Waals surface area (Å²) in [5.41, 5.74) is 11.9. The molecule has 3 N–H and O–H groups in total. The lowest BCUT2D eigenvalue weighted by Gasteiger charge is -2.09. The summed E-state index contributed by atoms with van der Waals surface area (Å²) in [5.74, 6) is 0.365. The smallest absolute Gasteiger partial charge is 0.255 e. The van der Waals surface area contributed by atoms with Crippen molar-refractivity contribution in [1.29, 1.82) is 0 Å². The minimum atomic E-state index is -0.125. The van der Waals surface area contributed by atoms with Gasteiger partial charge in [-0.2, -0.15) is 0 Å². The van der Waals surface area contributed by atoms with Crippen LogP contribution in [-0.4, -0.2) is 15.5 Å². The van der Waals surface area contributed by atoms with Gasteiger partial charge in [-0.3, -0.25) is 4.79 Å². The Morgan fingerprint density at radius 1 is 1.00 bits per heavy atom. The first-order valence-corrected chi connectivity index (χ1v) is 12.7. The fraction of sp³-hybridized carbons (Fsp3) is 0.286. The Kier molecular flexibility index (Phi) is 8.01. The molecule has 0 unspecified atom stereocenters. The molecule has 0 atom stereocenters. The van der Waals surface area contributed by atoms with Crippen molar-refractivity contribution in [2.24, 2.45) is 0 Å². The number of nitrogens with two attached hydrogens (primary N) is 1. The molecule has 0 fully saturated rings. The van der Waals surface area contributed by atoms with Crippen molar-refractivity contribution < 1.29 is 4.79 Å². The molecule has 0 aliphatic rings. The van der Waals surface area contributed by atoms with Crippen LogP contribution in [0, 0.1) is 0 Å². The van der Waals surface area contributed by atoms with Gasteiger partial charge in [-0.1, -0.05) is 66.0 Å². The molecule has 176 valence electrons. The average molecular weight is 519 g/mol. The summed E-state index contributed by atoms with van der Waals surface area (Å²) < 4.78 is 3.17. The fourth-order valence-electron chi connectivity index (χ4n) is 4.20. The lowest BCUT2D eigenvalue weighted by molar-refractivity contribution is 0.102. The van der Waals surface area contributed by atoms with Crippen LogP contribution in [0.25, 0.3) is 11.0 Å². The van der Waals surface area contributed by atoms with Crippen LogP contribution in [0.4, 0.5) is 11.6 Å². The van der Waals surface area contributed by atoms with Crippen LogP contribution < -0.4 is 11.1 Å². The molecular formula is C28H31BrN4O. The van der Waals surface area contributed by atoms with Crippen LogP contribution in [0.1, 0.15) is 54.1 Å². The van der Waals surface area contributed by atoms with Crippen LogP contribution in [0.2, 0.25) is 0 Å². The number of nitrogens with one attached hydrogen (secondary N) is 1. The monoisotopic (exact) mass is 518 g/mol. The highest BCUT2D eigenvalue weighted by atomic mass is 79.9. The molecule has 4 rings (SSSR count). The van der Waals surface area contributed by atoms with Gasteiger partial charge in [0.25, 0.3) is 5.91 Å². The van der Waals surface area contributed by atoms with E-state index in [0.717, 1.165) is 41.3 Å². The number of amides is 1. The number of hydrogen-bond donors (Lipinski definition) is 2. The number of unbranched alkanes of at least 4 members (excludes halogenated alkanes) is 2. The normalized spacial score (nSPS) is 11.1. The molecule has 5 nitrogen and oxygen atoms in total. The molecule has 0 radical (unpaired) electrons. The minimum absolute atomic E-state index is 0.125. The lowest BCUT2D eigenvalue weighted by atomic mass is 10.1. The lowest BCUT2D eigenvalue weighted by Crippen LogP contribution is -2.11. The zero-order valence-corrected chi connectivity index (χ0v) is 21.1. The van der Waals surface area contributed by atoms with E-state index in [4.69, 9.17) is 5.73 Å². The third-order valence-corrected chi connectivity index (χ3v) is 6.88. The van der Waals surface area contributed by atoms with Crippen molar-refractivity contribution >= 4 is 44.5 Å². The predicted molar refractivity (Wildman–Crippen MR) is 144 cm³/mol. The molecular weight excluding hydrogens is 488 g/mol. The Bertz CT molecular complexity index is 1260. The van der Waals surface area contributed by atoms with E-state index < -0.39 is 0 Å². The van der Waals surface area contributed by atoms with Crippen LogP contribution in [0.3, 0.4) is 0 Å². The molecule has 0 saturated carbocycles. The van der Waals surface area contributed by atoms with E-state index in [1.165, 1.54) is 30.4 Å². The maximum atomic E-state index is 12.7. The number of imidazole rings is 1. The van der Waals surface area contributed by atoms with E-state index in [0.29, 0.717) is 17.2 Å². The summed E-state index contributed by atoms with van der Waals surface area (Å²) in [6, 6.07) is 21.9. The number of carbonyl (C=O) groups is 1. The van der Waals surface area contributed by atoms with Gasteiger partial charge in [0.2, 0.25) is 5.95 Å². The van der Waals surface area contributed by atoms with E-state index >= 15 is 0 Å². The molecule has 0 aliphatic carbocycles. The SMILES string of the molecule is CCCCCc1ccc(C(=O)Nc2ccc3c(c2)nc(N)n3CCCc2ccccc2Br)cc1. The van der Waals surface area contributed by atoms with Crippen molar-refractivity contribution in [1.82, 2.24) is 9.55 Å². The average Bonchev–Trinajstić information content (AvgIpc) is 3.15. The number of fused-ring (bicyclic) bond motifs is 1. The molecule has 0 spiro atoms. The molecule has 1 heterocycles. The zero-order chi connectivity index (χ0) is 23.9. The first-order valence-electron chi connectivity index (χ1n) is 11.9. The van der Waals surface area contributed by atoms with Gasteiger partial charge in [0.05, 0.1) is 11.0 Å². The number of rotatable bonds is 10. The van der Waals surface area contributed by atoms with E-state index in [1.807, 2.05) is 53.1 Å². The molecule has 1 aromatic heterocycles. The van der Waals surface area contributed by atoms with Crippen LogP contribution in [0.15, 0.2) is 71.2 Å². The molecule has 4 aromatic rings. The first kappa shape index (κ1) is 24.0. The van der Waals surface area contributed by atoms with Gasteiger partial charge < -0.3 is 15.6 Å². The number of carbonyl (C=O) groups excluding carboxylic acids is 1. The highest BCUT2D eigenvalue weighted by Crippen LogP contribution is 2.24. The number of halogens is 1. The van der Waals surface area contributed by atoms with Crippen molar-refractivity contribution in [3.05, 3.63) is 87.9 Å². The highest BCUT2D eigenvalue weighted by molar-refractivity contribution is 9.10. The second kappa shape index (κ2) is 11.3. The third-order valence-electron chi connectivity index (χ3n) is 6.11. The van der Waals surface area contributed by atoms with Crippen LogP contribution in [0.5, 0.6) is 0 Å². The maximum Gasteiger partial charge on any atom is 0.255 e. The van der Waals surface area contributed by atoms with Gasteiger partial charge in [-0.25, -0.2) is 4.98 Å². The Labute approximate surface area is 209 Å². The Morgan fingerprint density at radius 2 is 1.79 bits per heavy atom. The number of anilines is 2. The maximum absolute atomic E-state index is 12.7. The number of aromatic nitrogens is 2. The second-order valence-electron chi connectivity index (χ2n) is 8.63. The molecule has 0 saturated heterocycles. The molecule has 1 amide bonds. The second-order valence-corrected chi connectivity index (χ2v) is 9.48. The van der Waals surface area contributed by atoms with Gasteiger partial charge in [0.1, 0.15) is 0 Å². The third kappa shape index (κ3) is 5.86. The van der Waals surface area contributed by atoms with Gasteiger partial charge in [0, 0.05) is 22.3 Å². The predicted octanol–water partition coefficient (Wildman–Crippen LogP) is 7.00. The van der Waals surface area contributed by atoms with Crippen LogP contribution in [-0.2, 0) is 19.4 Å². The summed E-state index contributed by atoms with van der Waals surface area (Å²) >= 11 is 3.61. The van der Waals surface area contributed by atoms with Crippen molar-refractivity contribution in [2.75, 3.05) is 11.1 Å². The fourth-order valence-corrected chi connectivity index (χ4v) is 4.68. The number of aryl methyl sites for hydroxylation is 3. The zero-order valence-electron chi connectivity index (χ0n) is 19.6. The Balaban J connectivity index is 1.39. The molecule has 3 aromatic carbocycles. The van der Waals surface area contributed by atoms with E-state index in [2.05, 4.69) is 51.4 Å².